The van der Waals surface area contributed by atoms with E-state index in [9.17, 15) is 19.7 Å². The molecule has 1 aliphatic rings. The van der Waals surface area contributed by atoms with Crippen LogP contribution in [0.15, 0.2) is 24.3 Å². The first-order valence-electron chi connectivity index (χ1n) is 6.22. The van der Waals surface area contributed by atoms with E-state index >= 15 is 0 Å². The number of amides is 1. The molecule has 0 aliphatic carbocycles. The van der Waals surface area contributed by atoms with Crippen LogP contribution < -0.4 is 5.32 Å². The smallest absolute Gasteiger partial charge is 0.332 e. The van der Waals surface area contributed by atoms with Crippen molar-refractivity contribution >= 4 is 28.8 Å². The van der Waals surface area contributed by atoms with Gasteiger partial charge in [-0.05, 0) is 26.8 Å². The van der Waals surface area contributed by atoms with Gasteiger partial charge in [-0.2, -0.15) is 0 Å². The van der Waals surface area contributed by atoms with E-state index in [1.165, 1.54) is 18.2 Å². The topological polar surface area (TPSA) is 98.5 Å². The average Bonchev–Trinajstić information content (AvgIpc) is 2.63. The maximum atomic E-state index is 11.9. The van der Waals surface area contributed by atoms with E-state index in [-0.39, 0.29) is 11.3 Å². The van der Waals surface area contributed by atoms with Crippen LogP contribution in [0.25, 0.3) is 5.57 Å². The quantitative estimate of drug-likeness (QED) is 0.390. The van der Waals surface area contributed by atoms with Gasteiger partial charge in [0.2, 0.25) is 0 Å². The molecule has 0 radical (unpaired) electrons. The number of hydrogen-bond acceptors (Lipinski definition) is 5. The van der Waals surface area contributed by atoms with E-state index in [0.29, 0.717) is 11.3 Å². The second-order valence-electron chi connectivity index (χ2n) is 5.53. The summed E-state index contributed by atoms with van der Waals surface area (Å²) < 4.78 is 5.11. The zero-order valence-corrected chi connectivity index (χ0v) is 11.8. The van der Waals surface area contributed by atoms with Crippen molar-refractivity contribution < 1.29 is 19.2 Å². The van der Waals surface area contributed by atoms with Gasteiger partial charge in [0.1, 0.15) is 5.60 Å². The van der Waals surface area contributed by atoms with Crippen molar-refractivity contribution in [2.45, 2.75) is 26.4 Å². The SMILES string of the molecule is CC(C)(C)OC(=O)/C=C1/C(=O)Nc2ccc([N+](=O)[O-])cc21. The van der Waals surface area contributed by atoms with Gasteiger partial charge in [-0.1, -0.05) is 0 Å². The number of nitrogens with one attached hydrogen (secondary N) is 1. The van der Waals surface area contributed by atoms with Crippen LogP contribution in [0.4, 0.5) is 11.4 Å². The van der Waals surface area contributed by atoms with Crippen molar-refractivity contribution in [1.29, 1.82) is 0 Å². The zero-order valence-electron chi connectivity index (χ0n) is 11.8. The number of hydrogen-bond donors (Lipinski definition) is 1. The molecular formula is C14H14N2O5. The molecule has 110 valence electrons. The number of benzene rings is 1. The molecule has 1 amide bonds. The Hall–Kier alpha value is -2.70. The van der Waals surface area contributed by atoms with Crippen molar-refractivity contribution in [1.82, 2.24) is 0 Å². The number of carbonyl (C=O) groups is 2. The van der Waals surface area contributed by atoms with Crippen molar-refractivity contribution in [3.05, 3.63) is 40.0 Å². The summed E-state index contributed by atoms with van der Waals surface area (Å²) in [4.78, 5) is 33.9. The lowest BCUT2D eigenvalue weighted by molar-refractivity contribution is -0.384. The molecule has 0 unspecified atom stereocenters. The van der Waals surface area contributed by atoms with Gasteiger partial charge < -0.3 is 10.1 Å². The summed E-state index contributed by atoms with van der Waals surface area (Å²) in [7, 11) is 0. The average molecular weight is 290 g/mol. The highest BCUT2D eigenvalue weighted by atomic mass is 16.6. The fourth-order valence-corrected chi connectivity index (χ4v) is 1.88. The lowest BCUT2D eigenvalue weighted by Crippen LogP contribution is -2.23. The molecule has 0 spiro atoms. The summed E-state index contributed by atoms with van der Waals surface area (Å²) in [5, 5.41) is 13.3. The van der Waals surface area contributed by atoms with E-state index in [0.717, 1.165) is 6.08 Å². The monoisotopic (exact) mass is 290 g/mol. The lowest BCUT2D eigenvalue weighted by Gasteiger charge is -2.18. The molecule has 0 saturated carbocycles. The summed E-state index contributed by atoms with van der Waals surface area (Å²) in [6, 6.07) is 3.97. The summed E-state index contributed by atoms with van der Waals surface area (Å²) >= 11 is 0. The van der Waals surface area contributed by atoms with Crippen molar-refractivity contribution in [2.24, 2.45) is 0 Å². The highest BCUT2D eigenvalue weighted by Gasteiger charge is 2.28. The van der Waals surface area contributed by atoms with Gasteiger partial charge in [0.05, 0.1) is 10.5 Å². The fourth-order valence-electron chi connectivity index (χ4n) is 1.88. The number of nitro benzene ring substituents is 1. The molecule has 0 saturated heterocycles. The Labute approximate surface area is 120 Å². The van der Waals surface area contributed by atoms with Crippen LogP contribution in [-0.2, 0) is 14.3 Å². The first-order valence-corrected chi connectivity index (χ1v) is 6.22. The van der Waals surface area contributed by atoms with Crippen LogP contribution in [0, 0.1) is 10.1 Å². The van der Waals surface area contributed by atoms with Crippen LogP contribution >= 0.6 is 0 Å². The normalized spacial score (nSPS) is 15.6. The van der Waals surface area contributed by atoms with Gasteiger partial charge in [-0.25, -0.2) is 4.79 Å². The highest BCUT2D eigenvalue weighted by Crippen LogP contribution is 2.34. The van der Waals surface area contributed by atoms with Gasteiger partial charge in [-0.15, -0.1) is 0 Å². The third-order valence-corrected chi connectivity index (χ3v) is 2.67. The molecule has 0 aromatic heterocycles. The molecule has 1 aromatic rings. The number of non-ortho nitro benzene ring substituents is 1. The zero-order chi connectivity index (χ0) is 15.8. The fraction of sp³-hybridized carbons (Fsp3) is 0.286. The Balaban J connectivity index is 2.39. The maximum absolute atomic E-state index is 11.9. The Morgan fingerprint density at radius 3 is 2.62 bits per heavy atom. The van der Waals surface area contributed by atoms with Gasteiger partial charge in [-0.3, -0.25) is 14.9 Å². The first kappa shape index (κ1) is 14.7. The highest BCUT2D eigenvalue weighted by molar-refractivity contribution is 6.33. The molecule has 7 nitrogen and oxygen atoms in total. The van der Waals surface area contributed by atoms with E-state index < -0.39 is 22.4 Å². The largest absolute Gasteiger partial charge is 0.457 e. The molecular weight excluding hydrogens is 276 g/mol. The summed E-state index contributed by atoms with van der Waals surface area (Å²) in [6.45, 7) is 5.12. The Kier molecular flexibility index (Phi) is 3.51. The van der Waals surface area contributed by atoms with Crippen LogP contribution in [0.3, 0.4) is 0 Å². The van der Waals surface area contributed by atoms with Crippen LogP contribution in [0.1, 0.15) is 26.3 Å². The minimum atomic E-state index is -0.686. The van der Waals surface area contributed by atoms with Gasteiger partial charge in [0, 0.05) is 29.5 Å². The third-order valence-electron chi connectivity index (χ3n) is 2.67. The second-order valence-corrected chi connectivity index (χ2v) is 5.53. The standard InChI is InChI=1S/C14H14N2O5/c1-14(2,3)21-12(17)7-10-9-6-8(16(19)20)4-5-11(9)15-13(10)18/h4-7H,1-3H3,(H,15,18)/b10-7+. The van der Waals surface area contributed by atoms with E-state index in [4.69, 9.17) is 4.74 Å². The van der Waals surface area contributed by atoms with Gasteiger partial charge in [0.15, 0.2) is 0 Å². The minimum absolute atomic E-state index is 0.0583. The predicted molar refractivity (Wildman–Crippen MR) is 75.5 cm³/mol. The molecule has 0 fully saturated rings. The Bertz CT molecular complexity index is 670. The molecule has 1 aliphatic heterocycles. The molecule has 0 bridgehead atoms. The van der Waals surface area contributed by atoms with Crippen LogP contribution in [0.5, 0.6) is 0 Å². The first-order chi connectivity index (χ1) is 9.67. The number of anilines is 1. The molecule has 7 heteroatoms. The second kappa shape index (κ2) is 5.01. The van der Waals surface area contributed by atoms with Crippen molar-refractivity contribution in [3.8, 4) is 0 Å². The summed E-state index contributed by atoms with van der Waals surface area (Å²) in [5.74, 6) is -1.16. The minimum Gasteiger partial charge on any atom is -0.457 e. The van der Waals surface area contributed by atoms with Gasteiger partial charge >= 0.3 is 5.97 Å². The van der Waals surface area contributed by atoms with Gasteiger partial charge in [0.25, 0.3) is 11.6 Å². The number of ether oxygens (including phenoxy) is 1. The third kappa shape index (κ3) is 3.25. The molecule has 1 heterocycles. The van der Waals surface area contributed by atoms with Crippen LogP contribution in [-0.4, -0.2) is 22.4 Å². The number of nitro groups is 1. The number of rotatable bonds is 2. The molecule has 21 heavy (non-hydrogen) atoms. The van der Waals surface area contributed by atoms with E-state index in [1.54, 1.807) is 20.8 Å². The molecule has 2 rings (SSSR count). The summed E-state index contributed by atoms with van der Waals surface area (Å²) in [5.41, 5.74) is -0.0295. The number of fused-ring (bicyclic) bond motifs is 1. The van der Waals surface area contributed by atoms with E-state index in [2.05, 4.69) is 5.32 Å². The number of carbonyl (C=O) groups excluding carboxylic acids is 2. The lowest BCUT2D eigenvalue weighted by atomic mass is 10.1. The van der Waals surface area contributed by atoms with Crippen molar-refractivity contribution in [3.63, 3.8) is 0 Å². The molecule has 0 atom stereocenters. The van der Waals surface area contributed by atoms with Crippen molar-refractivity contribution in [2.75, 3.05) is 5.32 Å². The Morgan fingerprint density at radius 2 is 2.05 bits per heavy atom. The number of esters is 1. The Morgan fingerprint density at radius 1 is 1.38 bits per heavy atom. The summed E-state index contributed by atoms with van der Waals surface area (Å²) in [6.07, 6.45) is 1.05. The van der Waals surface area contributed by atoms with Crippen LogP contribution in [0.2, 0.25) is 0 Å². The predicted octanol–water partition coefficient (Wildman–Crippen LogP) is 2.27. The number of nitrogens with zero attached hydrogens (tertiary/aromatic N) is 1. The van der Waals surface area contributed by atoms with E-state index in [1.807, 2.05) is 0 Å². The molecule has 1 aromatic carbocycles. The maximum Gasteiger partial charge on any atom is 0.332 e. The molecule has 1 N–H and O–H groups in total.